The van der Waals surface area contributed by atoms with Gasteiger partial charge in [0.25, 0.3) is 0 Å². The Morgan fingerprint density at radius 2 is 2.20 bits per heavy atom. The summed E-state index contributed by atoms with van der Waals surface area (Å²) in [7, 11) is 0. The van der Waals surface area contributed by atoms with E-state index < -0.39 is 0 Å². The van der Waals surface area contributed by atoms with Crippen molar-refractivity contribution >= 4 is 11.8 Å². The Morgan fingerprint density at radius 3 is 2.80 bits per heavy atom. The smallest absolute Gasteiger partial charge is 0.150 e. The van der Waals surface area contributed by atoms with Gasteiger partial charge in [-0.1, -0.05) is 13.8 Å². The van der Waals surface area contributed by atoms with E-state index in [2.05, 4.69) is 18.8 Å². The lowest BCUT2D eigenvalue weighted by Crippen LogP contribution is -1.96. The highest BCUT2D eigenvalue weighted by Crippen LogP contribution is 2.19. The standard InChI is InChI=1S/C12H14N2O/c1-8(2)12-13-9(3)11-6-10(7-15)4-5-14(11)12/h4-8H,1-3H3. The van der Waals surface area contributed by atoms with Crippen molar-refractivity contribution in [2.24, 2.45) is 0 Å². The van der Waals surface area contributed by atoms with E-state index >= 15 is 0 Å². The number of carbonyl (C=O) groups excluding carboxylic acids is 1. The van der Waals surface area contributed by atoms with E-state index in [0.717, 1.165) is 23.3 Å². The van der Waals surface area contributed by atoms with Gasteiger partial charge in [0.2, 0.25) is 0 Å². The van der Waals surface area contributed by atoms with E-state index in [4.69, 9.17) is 0 Å². The van der Waals surface area contributed by atoms with Crippen LogP contribution in [-0.2, 0) is 0 Å². The second-order valence-electron chi connectivity index (χ2n) is 4.04. The molecule has 0 aliphatic carbocycles. The Morgan fingerprint density at radius 1 is 1.47 bits per heavy atom. The lowest BCUT2D eigenvalue weighted by atomic mass is 10.2. The fraction of sp³-hybridized carbons (Fsp3) is 0.333. The summed E-state index contributed by atoms with van der Waals surface area (Å²) < 4.78 is 2.05. The van der Waals surface area contributed by atoms with E-state index in [-0.39, 0.29) is 0 Å². The second kappa shape index (κ2) is 3.50. The molecule has 0 atom stereocenters. The Kier molecular flexibility index (Phi) is 2.31. The molecule has 0 spiro atoms. The Balaban J connectivity index is 2.74. The van der Waals surface area contributed by atoms with Gasteiger partial charge in [-0.25, -0.2) is 4.98 Å². The fourth-order valence-electron chi connectivity index (χ4n) is 1.76. The summed E-state index contributed by atoms with van der Waals surface area (Å²) in [5.74, 6) is 1.42. The van der Waals surface area contributed by atoms with E-state index in [1.165, 1.54) is 0 Å². The molecule has 0 fully saturated rings. The zero-order valence-corrected chi connectivity index (χ0v) is 9.19. The van der Waals surface area contributed by atoms with Crippen molar-refractivity contribution in [2.45, 2.75) is 26.7 Å². The third-order valence-electron chi connectivity index (χ3n) is 2.53. The highest BCUT2D eigenvalue weighted by atomic mass is 16.1. The Hall–Kier alpha value is -1.64. The monoisotopic (exact) mass is 202 g/mol. The summed E-state index contributed by atoms with van der Waals surface area (Å²) in [5, 5.41) is 0. The molecule has 15 heavy (non-hydrogen) atoms. The van der Waals surface area contributed by atoms with Crippen molar-refractivity contribution in [2.75, 3.05) is 0 Å². The van der Waals surface area contributed by atoms with Crippen LogP contribution in [0.4, 0.5) is 0 Å². The maximum Gasteiger partial charge on any atom is 0.150 e. The van der Waals surface area contributed by atoms with E-state index in [1.807, 2.05) is 29.7 Å². The zero-order chi connectivity index (χ0) is 11.0. The van der Waals surface area contributed by atoms with Crippen molar-refractivity contribution in [1.82, 2.24) is 9.38 Å². The average Bonchev–Trinajstić information content (AvgIpc) is 2.56. The van der Waals surface area contributed by atoms with Gasteiger partial charge in [-0.05, 0) is 19.1 Å². The summed E-state index contributed by atoms with van der Waals surface area (Å²) >= 11 is 0. The van der Waals surface area contributed by atoms with E-state index in [0.29, 0.717) is 11.5 Å². The molecule has 78 valence electrons. The molecule has 0 bridgehead atoms. The van der Waals surface area contributed by atoms with Gasteiger partial charge in [-0.3, -0.25) is 4.79 Å². The summed E-state index contributed by atoms with van der Waals surface area (Å²) in [5.41, 5.74) is 2.69. The number of imidazole rings is 1. The lowest BCUT2D eigenvalue weighted by molar-refractivity contribution is 0.112. The zero-order valence-electron chi connectivity index (χ0n) is 9.19. The van der Waals surface area contributed by atoms with Crippen LogP contribution >= 0.6 is 0 Å². The first-order valence-electron chi connectivity index (χ1n) is 5.07. The number of hydrogen-bond donors (Lipinski definition) is 0. The van der Waals surface area contributed by atoms with Crippen molar-refractivity contribution in [1.29, 1.82) is 0 Å². The predicted octanol–water partition coefficient (Wildman–Crippen LogP) is 2.58. The van der Waals surface area contributed by atoms with Crippen LogP contribution in [0.25, 0.3) is 5.52 Å². The summed E-state index contributed by atoms with van der Waals surface area (Å²) in [6, 6.07) is 3.69. The quantitative estimate of drug-likeness (QED) is 0.701. The predicted molar refractivity (Wildman–Crippen MR) is 59.4 cm³/mol. The molecule has 0 aliphatic heterocycles. The molecular weight excluding hydrogens is 188 g/mol. The van der Waals surface area contributed by atoms with Crippen molar-refractivity contribution in [3.8, 4) is 0 Å². The first kappa shape index (κ1) is 9.90. The number of nitrogens with zero attached hydrogens (tertiary/aromatic N) is 2. The molecule has 2 aromatic heterocycles. The molecule has 0 aromatic carbocycles. The van der Waals surface area contributed by atoms with Gasteiger partial charge in [0.1, 0.15) is 12.1 Å². The number of fused-ring (bicyclic) bond motifs is 1. The molecule has 0 saturated carbocycles. The van der Waals surface area contributed by atoms with Gasteiger partial charge < -0.3 is 4.40 Å². The number of pyridine rings is 1. The third-order valence-corrected chi connectivity index (χ3v) is 2.53. The van der Waals surface area contributed by atoms with Crippen LogP contribution in [0.15, 0.2) is 18.3 Å². The number of aryl methyl sites for hydroxylation is 1. The highest BCUT2D eigenvalue weighted by molar-refractivity contribution is 5.77. The second-order valence-corrected chi connectivity index (χ2v) is 4.04. The van der Waals surface area contributed by atoms with Crippen LogP contribution in [0.5, 0.6) is 0 Å². The maximum absolute atomic E-state index is 10.7. The molecule has 0 amide bonds. The third kappa shape index (κ3) is 1.54. The Labute approximate surface area is 88.8 Å². The van der Waals surface area contributed by atoms with E-state index in [9.17, 15) is 4.79 Å². The molecule has 0 radical (unpaired) electrons. The normalized spacial score (nSPS) is 11.2. The van der Waals surface area contributed by atoms with Gasteiger partial charge in [-0.2, -0.15) is 0 Å². The average molecular weight is 202 g/mol. The summed E-state index contributed by atoms with van der Waals surface area (Å²) in [4.78, 5) is 15.2. The summed E-state index contributed by atoms with van der Waals surface area (Å²) in [6.45, 7) is 6.19. The SMILES string of the molecule is Cc1nc(C(C)C)n2ccc(C=O)cc12. The van der Waals surface area contributed by atoms with Crippen molar-refractivity contribution < 1.29 is 4.79 Å². The fourth-order valence-corrected chi connectivity index (χ4v) is 1.76. The minimum Gasteiger partial charge on any atom is -0.303 e. The van der Waals surface area contributed by atoms with Crippen LogP contribution in [0.2, 0.25) is 0 Å². The number of rotatable bonds is 2. The maximum atomic E-state index is 10.7. The number of aldehydes is 1. The molecule has 3 heteroatoms. The van der Waals surface area contributed by atoms with Crippen LogP contribution in [0, 0.1) is 6.92 Å². The highest BCUT2D eigenvalue weighted by Gasteiger charge is 2.10. The molecular formula is C12H14N2O. The van der Waals surface area contributed by atoms with Crippen molar-refractivity contribution in [3.63, 3.8) is 0 Å². The minimum absolute atomic E-state index is 0.383. The number of aromatic nitrogens is 2. The molecule has 2 heterocycles. The van der Waals surface area contributed by atoms with Gasteiger partial charge in [0.15, 0.2) is 0 Å². The molecule has 2 aromatic rings. The van der Waals surface area contributed by atoms with Gasteiger partial charge in [0.05, 0.1) is 11.2 Å². The van der Waals surface area contributed by atoms with E-state index in [1.54, 1.807) is 0 Å². The molecule has 0 unspecified atom stereocenters. The van der Waals surface area contributed by atoms with Gasteiger partial charge in [0, 0.05) is 17.7 Å². The van der Waals surface area contributed by atoms with Crippen LogP contribution < -0.4 is 0 Å². The lowest BCUT2D eigenvalue weighted by Gasteiger charge is -2.03. The number of hydrogen-bond acceptors (Lipinski definition) is 2. The molecule has 0 aliphatic rings. The first-order chi connectivity index (χ1) is 7.13. The number of carbonyl (C=O) groups is 1. The molecule has 2 rings (SSSR count). The van der Waals surface area contributed by atoms with Gasteiger partial charge in [-0.15, -0.1) is 0 Å². The molecule has 3 nitrogen and oxygen atoms in total. The van der Waals surface area contributed by atoms with Crippen LogP contribution in [0.3, 0.4) is 0 Å². The van der Waals surface area contributed by atoms with Gasteiger partial charge >= 0.3 is 0 Å². The largest absolute Gasteiger partial charge is 0.303 e. The topological polar surface area (TPSA) is 34.4 Å². The minimum atomic E-state index is 0.383. The Bertz CT molecular complexity index is 512. The van der Waals surface area contributed by atoms with Crippen LogP contribution in [0.1, 0.15) is 41.6 Å². The van der Waals surface area contributed by atoms with Crippen LogP contribution in [-0.4, -0.2) is 15.7 Å². The first-order valence-corrected chi connectivity index (χ1v) is 5.07. The van der Waals surface area contributed by atoms with Crippen molar-refractivity contribution in [3.05, 3.63) is 35.4 Å². The molecule has 0 N–H and O–H groups in total. The molecule has 0 saturated heterocycles. The summed E-state index contributed by atoms with van der Waals surface area (Å²) in [6.07, 6.45) is 2.77.